The van der Waals surface area contributed by atoms with Crippen molar-refractivity contribution in [3.63, 3.8) is 0 Å². The highest BCUT2D eigenvalue weighted by atomic mass is 32.1. The quantitative estimate of drug-likeness (QED) is 0.658. The van der Waals surface area contributed by atoms with Gasteiger partial charge in [0, 0.05) is 10.9 Å². The average molecular weight is 292 g/mol. The van der Waals surface area contributed by atoms with Crippen LogP contribution in [0.3, 0.4) is 0 Å². The van der Waals surface area contributed by atoms with Crippen molar-refractivity contribution in [1.82, 2.24) is 5.43 Å². The molecule has 1 aliphatic carbocycles. The molecule has 3 atom stereocenters. The predicted octanol–water partition coefficient (Wildman–Crippen LogP) is 3.49. The first-order valence-corrected chi connectivity index (χ1v) is 7.45. The summed E-state index contributed by atoms with van der Waals surface area (Å²) in [5.41, 5.74) is 2.62. The second kappa shape index (κ2) is 6.24. The Bertz CT molecular complexity index is 378. The van der Waals surface area contributed by atoms with Crippen LogP contribution in [0.1, 0.15) is 30.6 Å². The van der Waals surface area contributed by atoms with Crippen molar-refractivity contribution in [3.8, 4) is 0 Å². The maximum atomic E-state index is 13.1. The van der Waals surface area contributed by atoms with Crippen molar-refractivity contribution in [2.75, 3.05) is 0 Å². The largest absolute Gasteiger partial charge is 0.392 e. The van der Waals surface area contributed by atoms with Gasteiger partial charge in [0.2, 0.25) is 0 Å². The van der Waals surface area contributed by atoms with E-state index >= 15 is 0 Å². The standard InChI is InChI=1S/C13H19F3N2S/c14-13(15,16)11-6-2-1-5-10(11)12(18-17)8-9-4-3-7-19-9/h3-4,7,10-12,18H,1-2,5-6,8,17H2. The van der Waals surface area contributed by atoms with Gasteiger partial charge in [0.15, 0.2) is 0 Å². The van der Waals surface area contributed by atoms with Crippen molar-refractivity contribution in [3.05, 3.63) is 22.4 Å². The first-order chi connectivity index (χ1) is 9.02. The van der Waals surface area contributed by atoms with E-state index in [1.54, 1.807) is 11.3 Å². The van der Waals surface area contributed by atoms with E-state index in [9.17, 15) is 13.2 Å². The zero-order valence-electron chi connectivity index (χ0n) is 10.6. The van der Waals surface area contributed by atoms with Gasteiger partial charge in [0.25, 0.3) is 0 Å². The Morgan fingerprint density at radius 2 is 2.11 bits per heavy atom. The number of thiophene rings is 1. The lowest BCUT2D eigenvalue weighted by atomic mass is 9.74. The summed E-state index contributed by atoms with van der Waals surface area (Å²) in [4.78, 5) is 1.08. The van der Waals surface area contributed by atoms with Gasteiger partial charge in [-0.15, -0.1) is 11.3 Å². The predicted molar refractivity (Wildman–Crippen MR) is 70.6 cm³/mol. The number of nitrogens with two attached hydrogens (primary N) is 1. The van der Waals surface area contributed by atoms with Crippen molar-refractivity contribution in [1.29, 1.82) is 0 Å². The Labute approximate surface area is 115 Å². The molecule has 2 nitrogen and oxygen atoms in total. The molecular weight excluding hydrogens is 273 g/mol. The second-order valence-corrected chi connectivity index (χ2v) is 6.19. The fourth-order valence-electron chi connectivity index (χ4n) is 3.03. The topological polar surface area (TPSA) is 38.0 Å². The summed E-state index contributed by atoms with van der Waals surface area (Å²) in [7, 11) is 0. The molecule has 108 valence electrons. The van der Waals surface area contributed by atoms with Gasteiger partial charge < -0.3 is 0 Å². The fraction of sp³-hybridized carbons (Fsp3) is 0.692. The number of hydrogen-bond donors (Lipinski definition) is 2. The van der Waals surface area contributed by atoms with Crippen LogP contribution in [0.5, 0.6) is 0 Å². The molecule has 0 saturated heterocycles. The second-order valence-electron chi connectivity index (χ2n) is 5.15. The normalized spacial score (nSPS) is 26.3. The van der Waals surface area contributed by atoms with Gasteiger partial charge in [-0.2, -0.15) is 13.2 Å². The van der Waals surface area contributed by atoms with Gasteiger partial charge in [-0.05, 0) is 36.6 Å². The molecule has 2 rings (SSSR count). The number of nitrogens with one attached hydrogen (secondary N) is 1. The highest BCUT2D eigenvalue weighted by Crippen LogP contribution is 2.43. The minimum absolute atomic E-state index is 0.233. The molecule has 3 N–H and O–H groups in total. The lowest BCUT2D eigenvalue weighted by Crippen LogP contribution is -2.49. The van der Waals surface area contributed by atoms with Crippen molar-refractivity contribution in [2.24, 2.45) is 17.7 Å². The molecule has 0 amide bonds. The van der Waals surface area contributed by atoms with Gasteiger partial charge >= 0.3 is 6.18 Å². The van der Waals surface area contributed by atoms with E-state index in [4.69, 9.17) is 5.84 Å². The van der Waals surface area contributed by atoms with Crippen molar-refractivity contribution in [2.45, 2.75) is 44.3 Å². The molecule has 1 aliphatic rings. The number of hydrazine groups is 1. The Kier molecular flexibility index (Phi) is 4.86. The maximum Gasteiger partial charge on any atom is 0.392 e. The summed E-state index contributed by atoms with van der Waals surface area (Å²) in [5.74, 6) is 3.88. The lowest BCUT2D eigenvalue weighted by molar-refractivity contribution is -0.199. The van der Waals surface area contributed by atoms with Gasteiger partial charge in [0.05, 0.1) is 5.92 Å². The summed E-state index contributed by atoms with van der Waals surface area (Å²) in [6.07, 6.45) is -1.18. The zero-order chi connectivity index (χ0) is 13.9. The van der Waals surface area contributed by atoms with E-state index in [1.165, 1.54) is 0 Å². The highest BCUT2D eigenvalue weighted by molar-refractivity contribution is 7.09. The third-order valence-electron chi connectivity index (χ3n) is 3.97. The Morgan fingerprint density at radius 3 is 2.68 bits per heavy atom. The van der Waals surface area contributed by atoms with Crippen LogP contribution in [0.15, 0.2) is 17.5 Å². The summed E-state index contributed by atoms with van der Waals surface area (Å²) in [6, 6.07) is 3.56. The molecule has 1 saturated carbocycles. The summed E-state index contributed by atoms with van der Waals surface area (Å²) in [6.45, 7) is 0. The number of alkyl halides is 3. The monoisotopic (exact) mass is 292 g/mol. The van der Waals surface area contributed by atoms with E-state index in [-0.39, 0.29) is 12.5 Å². The minimum atomic E-state index is -4.12. The number of hydrogen-bond acceptors (Lipinski definition) is 3. The fourth-order valence-corrected chi connectivity index (χ4v) is 3.79. The van der Waals surface area contributed by atoms with Crippen LogP contribution < -0.4 is 11.3 Å². The maximum absolute atomic E-state index is 13.1. The first-order valence-electron chi connectivity index (χ1n) is 6.57. The first kappa shape index (κ1) is 14.8. The van der Waals surface area contributed by atoms with E-state index in [1.807, 2.05) is 17.5 Å². The molecule has 0 aromatic carbocycles. The van der Waals surface area contributed by atoms with Crippen LogP contribution in [-0.2, 0) is 6.42 Å². The Balaban J connectivity index is 2.10. The van der Waals surface area contributed by atoms with Crippen LogP contribution in [0.2, 0.25) is 0 Å². The van der Waals surface area contributed by atoms with Crippen LogP contribution in [-0.4, -0.2) is 12.2 Å². The molecule has 3 unspecified atom stereocenters. The third kappa shape index (κ3) is 3.70. The zero-order valence-corrected chi connectivity index (χ0v) is 11.4. The average Bonchev–Trinajstić information content (AvgIpc) is 2.88. The summed E-state index contributed by atoms with van der Waals surface area (Å²) in [5, 5.41) is 1.94. The Hall–Kier alpha value is -0.590. The van der Waals surface area contributed by atoms with Crippen LogP contribution >= 0.6 is 11.3 Å². The number of halogens is 3. The van der Waals surface area contributed by atoms with Crippen LogP contribution in [0.25, 0.3) is 0 Å². The molecule has 19 heavy (non-hydrogen) atoms. The number of rotatable bonds is 4. The molecule has 0 bridgehead atoms. The molecule has 0 radical (unpaired) electrons. The van der Waals surface area contributed by atoms with E-state index in [0.29, 0.717) is 19.3 Å². The highest BCUT2D eigenvalue weighted by Gasteiger charge is 2.47. The smallest absolute Gasteiger partial charge is 0.271 e. The Morgan fingerprint density at radius 1 is 1.37 bits per heavy atom. The molecule has 0 spiro atoms. The van der Waals surface area contributed by atoms with Crippen molar-refractivity contribution >= 4 is 11.3 Å². The van der Waals surface area contributed by atoms with Gasteiger partial charge in [-0.25, -0.2) is 0 Å². The molecule has 6 heteroatoms. The molecule has 1 heterocycles. The van der Waals surface area contributed by atoms with Gasteiger partial charge in [-0.1, -0.05) is 18.9 Å². The molecule has 1 fully saturated rings. The SMILES string of the molecule is NNC(Cc1cccs1)C1CCCCC1C(F)(F)F. The molecule has 0 aliphatic heterocycles. The van der Waals surface area contributed by atoms with Gasteiger partial charge in [-0.3, -0.25) is 11.3 Å². The molecule has 1 aromatic rings. The lowest BCUT2D eigenvalue weighted by Gasteiger charge is -2.37. The molecular formula is C13H19F3N2S. The van der Waals surface area contributed by atoms with Crippen LogP contribution in [0.4, 0.5) is 13.2 Å². The van der Waals surface area contributed by atoms with E-state index < -0.39 is 18.0 Å². The summed E-state index contributed by atoms with van der Waals surface area (Å²) >= 11 is 1.56. The minimum Gasteiger partial charge on any atom is -0.271 e. The van der Waals surface area contributed by atoms with Crippen LogP contribution in [0, 0.1) is 11.8 Å². The van der Waals surface area contributed by atoms with E-state index in [0.717, 1.165) is 11.3 Å². The summed E-state index contributed by atoms with van der Waals surface area (Å²) < 4.78 is 39.3. The molecule has 1 aromatic heterocycles. The van der Waals surface area contributed by atoms with E-state index in [2.05, 4.69) is 5.43 Å². The third-order valence-corrected chi connectivity index (χ3v) is 4.87. The van der Waals surface area contributed by atoms with Gasteiger partial charge in [0.1, 0.15) is 0 Å². The van der Waals surface area contributed by atoms with Crippen molar-refractivity contribution < 1.29 is 13.2 Å².